The molecule has 0 fully saturated rings. The predicted molar refractivity (Wildman–Crippen MR) is 103 cm³/mol. The minimum atomic E-state index is -0.640. The Hall–Kier alpha value is -3.63. The topological polar surface area (TPSA) is 103 Å². The van der Waals surface area contributed by atoms with Gasteiger partial charge in [0.1, 0.15) is 11.6 Å². The minimum Gasteiger partial charge on any atom is -0.492 e. The standard InChI is InChI=1S/C19H14ClN5O2/c1-12-16(11-21)18(26)25(24-14-7-3-2-4-8-14)19(27)17(12)23-22-15-9-5-6-13(20)10-15/h2-10,24,26H,1H3. The highest BCUT2D eigenvalue weighted by Gasteiger charge is 2.19. The summed E-state index contributed by atoms with van der Waals surface area (Å²) in [5.74, 6) is -0.495. The van der Waals surface area contributed by atoms with Crippen molar-refractivity contribution in [3.05, 3.63) is 81.1 Å². The summed E-state index contributed by atoms with van der Waals surface area (Å²) < 4.78 is 0.868. The van der Waals surface area contributed by atoms with E-state index < -0.39 is 11.4 Å². The molecule has 0 bridgehead atoms. The molecule has 0 spiro atoms. The van der Waals surface area contributed by atoms with Crippen molar-refractivity contribution >= 4 is 28.7 Å². The van der Waals surface area contributed by atoms with Crippen LogP contribution < -0.4 is 11.0 Å². The third-order valence-corrected chi connectivity index (χ3v) is 4.01. The summed E-state index contributed by atoms with van der Waals surface area (Å²) in [7, 11) is 0. The van der Waals surface area contributed by atoms with Crippen molar-refractivity contribution in [3.8, 4) is 11.9 Å². The van der Waals surface area contributed by atoms with Gasteiger partial charge in [0.25, 0.3) is 5.56 Å². The number of halogens is 1. The van der Waals surface area contributed by atoms with Crippen molar-refractivity contribution in [3.63, 3.8) is 0 Å². The summed E-state index contributed by atoms with van der Waals surface area (Å²) in [6.07, 6.45) is 0. The second-order valence-electron chi connectivity index (χ2n) is 5.58. The maximum atomic E-state index is 12.8. The van der Waals surface area contributed by atoms with E-state index in [2.05, 4.69) is 15.7 Å². The predicted octanol–water partition coefficient (Wildman–Crippen LogP) is 4.68. The summed E-state index contributed by atoms with van der Waals surface area (Å²) in [6.45, 7) is 1.53. The summed E-state index contributed by atoms with van der Waals surface area (Å²) >= 11 is 5.92. The van der Waals surface area contributed by atoms with E-state index >= 15 is 0 Å². The lowest BCUT2D eigenvalue weighted by molar-refractivity contribution is 0.425. The smallest absolute Gasteiger partial charge is 0.300 e. The molecular weight excluding hydrogens is 366 g/mol. The molecule has 3 aromatic rings. The molecule has 2 aromatic carbocycles. The van der Waals surface area contributed by atoms with E-state index in [1.54, 1.807) is 48.5 Å². The molecule has 3 rings (SSSR count). The number of hydrogen-bond donors (Lipinski definition) is 2. The number of pyridine rings is 1. The Morgan fingerprint density at radius 1 is 1.15 bits per heavy atom. The van der Waals surface area contributed by atoms with E-state index in [0.717, 1.165) is 4.68 Å². The van der Waals surface area contributed by atoms with E-state index in [-0.39, 0.29) is 16.8 Å². The molecule has 27 heavy (non-hydrogen) atoms. The lowest BCUT2D eigenvalue weighted by Crippen LogP contribution is -2.27. The molecule has 0 saturated carbocycles. The molecule has 0 aliphatic heterocycles. The zero-order valence-electron chi connectivity index (χ0n) is 14.2. The molecule has 1 heterocycles. The van der Waals surface area contributed by atoms with Gasteiger partial charge in [0.15, 0.2) is 5.69 Å². The normalized spacial score (nSPS) is 10.7. The number of benzene rings is 2. The van der Waals surface area contributed by atoms with E-state index in [1.165, 1.54) is 6.92 Å². The third kappa shape index (κ3) is 3.81. The van der Waals surface area contributed by atoms with E-state index in [4.69, 9.17) is 11.6 Å². The van der Waals surface area contributed by atoms with Crippen molar-refractivity contribution in [1.29, 1.82) is 5.26 Å². The molecule has 8 heteroatoms. The van der Waals surface area contributed by atoms with Gasteiger partial charge in [-0.05, 0) is 37.3 Å². The Kier molecular flexibility index (Phi) is 5.20. The van der Waals surface area contributed by atoms with Crippen molar-refractivity contribution in [2.75, 3.05) is 5.43 Å². The summed E-state index contributed by atoms with van der Waals surface area (Å²) in [5, 5.41) is 28.2. The Morgan fingerprint density at radius 2 is 1.89 bits per heavy atom. The first kappa shape index (κ1) is 18.2. The van der Waals surface area contributed by atoms with Crippen LogP contribution in [0.3, 0.4) is 0 Å². The fraction of sp³-hybridized carbons (Fsp3) is 0.0526. The zero-order valence-corrected chi connectivity index (χ0v) is 15.0. The first-order valence-corrected chi connectivity index (χ1v) is 8.27. The van der Waals surface area contributed by atoms with Gasteiger partial charge in [0.05, 0.1) is 11.4 Å². The number of hydrogen-bond acceptors (Lipinski definition) is 6. The Bertz CT molecular complexity index is 1120. The molecule has 0 radical (unpaired) electrons. The lowest BCUT2D eigenvalue weighted by Gasteiger charge is -2.14. The summed E-state index contributed by atoms with van der Waals surface area (Å²) in [4.78, 5) is 12.8. The number of nitriles is 1. The average molecular weight is 380 g/mol. The van der Waals surface area contributed by atoms with Gasteiger partial charge in [0, 0.05) is 10.6 Å². The van der Waals surface area contributed by atoms with Crippen LogP contribution in [0.15, 0.2) is 69.6 Å². The van der Waals surface area contributed by atoms with Crippen molar-refractivity contribution in [2.45, 2.75) is 6.92 Å². The van der Waals surface area contributed by atoms with E-state index in [0.29, 0.717) is 16.4 Å². The Morgan fingerprint density at radius 3 is 2.56 bits per heavy atom. The molecule has 7 nitrogen and oxygen atoms in total. The highest BCUT2D eigenvalue weighted by atomic mass is 35.5. The first-order valence-electron chi connectivity index (χ1n) is 7.89. The maximum Gasteiger partial charge on any atom is 0.300 e. The highest BCUT2D eigenvalue weighted by Crippen LogP contribution is 2.27. The minimum absolute atomic E-state index is 0.0623. The number of azo groups is 1. The monoisotopic (exact) mass is 379 g/mol. The molecule has 0 amide bonds. The number of anilines is 1. The Labute approximate surface area is 159 Å². The number of aromatic hydroxyl groups is 1. The molecule has 0 aliphatic rings. The van der Waals surface area contributed by atoms with Crippen molar-refractivity contribution < 1.29 is 5.11 Å². The Balaban J connectivity index is 2.12. The van der Waals surface area contributed by atoms with Crippen LogP contribution in [0.4, 0.5) is 17.1 Å². The molecule has 1 aromatic heterocycles. The second-order valence-corrected chi connectivity index (χ2v) is 6.02. The highest BCUT2D eigenvalue weighted by molar-refractivity contribution is 6.30. The molecule has 0 aliphatic carbocycles. The van der Waals surface area contributed by atoms with Crippen LogP contribution in [0.1, 0.15) is 11.1 Å². The van der Waals surface area contributed by atoms with Crippen LogP contribution in [-0.4, -0.2) is 9.78 Å². The number of para-hydroxylation sites is 1. The van der Waals surface area contributed by atoms with Gasteiger partial charge in [-0.25, -0.2) is 0 Å². The fourth-order valence-electron chi connectivity index (χ4n) is 2.40. The van der Waals surface area contributed by atoms with Gasteiger partial charge in [-0.3, -0.25) is 10.2 Å². The van der Waals surface area contributed by atoms with Gasteiger partial charge in [-0.1, -0.05) is 35.9 Å². The van der Waals surface area contributed by atoms with Crippen LogP contribution >= 0.6 is 11.6 Å². The zero-order chi connectivity index (χ0) is 19.4. The number of nitrogens with one attached hydrogen (secondary N) is 1. The number of rotatable bonds is 4. The lowest BCUT2D eigenvalue weighted by atomic mass is 10.1. The quantitative estimate of drug-likeness (QED) is 0.642. The fourth-order valence-corrected chi connectivity index (χ4v) is 2.59. The SMILES string of the molecule is Cc1c(C#N)c(O)n(Nc2ccccc2)c(=O)c1N=Nc1cccc(Cl)c1. The van der Waals surface area contributed by atoms with Crippen molar-refractivity contribution in [2.24, 2.45) is 10.2 Å². The second kappa shape index (κ2) is 7.72. The molecule has 2 N–H and O–H groups in total. The van der Waals surface area contributed by atoms with Gasteiger partial charge >= 0.3 is 0 Å². The summed E-state index contributed by atoms with van der Waals surface area (Å²) in [6, 6.07) is 17.3. The maximum absolute atomic E-state index is 12.8. The first-order chi connectivity index (χ1) is 13.0. The van der Waals surface area contributed by atoms with Gasteiger partial charge in [0.2, 0.25) is 5.88 Å². The van der Waals surface area contributed by atoms with E-state index in [1.807, 2.05) is 12.1 Å². The van der Waals surface area contributed by atoms with Crippen LogP contribution in [-0.2, 0) is 0 Å². The molecular formula is C19H14ClN5O2. The summed E-state index contributed by atoms with van der Waals surface area (Å²) in [5.41, 5.74) is 3.24. The molecule has 134 valence electrons. The van der Waals surface area contributed by atoms with Crippen molar-refractivity contribution in [1.82, 2.24) is 4.68 Å². The number of nitrogens with zero attached hydrogens (tertiary/aromatic N) is 4. The van der Waals surface area contributed by atoms with Crippen LogP contribution in [0.25, 0.3) is 0 Å². The average Bonchev–Trinajstić information content (AvgIpc) is 2.66. The molecule has 0 unspecified atom stereocenters. The van der Waals surface area contributed by atoms with Crippen LogP contribution in [0.5, 0.6) is 5.88 Å². The van der Waals surface area contributed by atoms with Crippen LogP contribution in [0.2, 0.25) is 5.02 Å². The van der Waals surface area contributed by atoms with Gasteiger partial charge in [-0.15, -0.1) is 5.11 Å². The molecule has 0 saturated heterocycles. The van der Waals surface area contributed by atoms with Gasteiger partial charge in [-0.2, -0.15) is 15.1 Å². The third-order valence-electron chi connectivity index (χ3n) is 3.77. The largest absolute Gasteiger partial charge is 0.492 e. The van der Waals surface area contributed by atoms with Crippen LogP contribution in [0, 0.1) is 18.3 Å². The van der Waals surface area contributed by atoms with E-state index in [9.17, 15) is 15.2 Å². The molecule has 0 atom stereocenters. The number of aromatic nitrogens is 1. The van der Waals surface area contributed by atoms with Gasteiger partial charge < -0.3 is 5.11 Å².